The topological polar surface area (TPSA) is 75.7 Å². The normalized spacial score (nSPS) is 14.4. The summed E-state index contributed by atoms with van der Waals surface area (Å²) < 4.78 is 5.51. The van der Waals surface area contributed by atoms with Gasteiger partial charge in [0, 0.05) is 26.3 Å². The quantitative estimate of drug-likeness (QED) is 0.291. The molecular formula is C25H16Cl4N2O4S. The molecule has 1 saturated heterocycles. The first-order chi connectivity index (χ1) is 17.2. The zero-order valence-electron chi connectivity index (χ0n) is 18.3. The molecule has 1 aliphatic rings. The van der Waals surface area contributed by atoms with Crippen molar-refractivity contribution in [2.75, 3.05) is 11.9 Å². The van der Waals surface area contributed by atoms with Gasteiger partial charge in [-0.25, -0.2) is 0 Å². The Morgan fingerprint density at radius 3 is 2.31 bits per heavy atom. The van der Waals surface area contributed by atoms with Crippen LogP contribution in [0.15, 0.2) is 65.6 Å². The van der Waals surface area contributed by atoms with E-state index < -0.39 is 11.1 Å². The van der Waals surface area contributed by atoms with Gasteiger partial charge in [-0.15, -0.1) is 0 Å². The molecule has 0 saturated carbocycles. The number of hydrogen-bond donors (Lipinski definition) is 1. The average Bonchev–Trinajstić information content (AvgIpc) is 3.09. The molecule has 1 N–H and O–H groups in total. The second-order valence-electron chi connectivity index (χ2n) is 7.50. The number of imide groups is 1. The maximum absolute atomic E-state index is 12.9. The van der Waals surface area contributed by atoms with Crippen LogP contribution in [0.3, 0.4) is 0 Å². The predicted octanol–water partition coefficient (Wildman–Crippen LogP) is 7.55. The Hall–Kier alpha value is -2.68. The zero-order valence-corrected chi connectivity index (χ0v) is 22.1. The molecule has 1 aliphatic heterocycles. The van der Waals surface area contributed by atoms with Crippen molar-refractivity contribution >= 4 is 87.0 Å². The Kier molecular flexibility index (Phi) is 8.49. The van der Waals surface area contributed by atoms with Crippen LogP contribution in [0, 0.1) is 0 Å². The number of benzene rings is 3. The lowest BCUT2D eigenvalue weighted by molar-refractivity contribution is -0.123. The summed E-state index contributed by atoms with van der Waals surface area (Å²) in [6, 6.07) is 16.5. The maximum Gasteiger partial charge on any atom is 0.293 e. The van der Waals surface area contributed by atoms with E-state index in [9.17, 15) is 14.4 Å². The van der Waals surface area contributed by atoms with Crippen LogP contribution < -0.4 is 10.1 Å². The van der Waals surface area contributed by atoms with Gasteiger partial charge in [0.1, 0.15) is 5.75 Å². The number of nitrogens with zero attached hydrogens (tertiary/aromatic N) is 1. The molecule has 0 radical (unpaired) electrons. The first kappa shape index (κ1) is 26.4. The molecule has 0 atom stereocenters. The van der Waals surface area contributed by atoms with Crippen molar-refractivity contribution in [1.82, 2.24) is 4.90 Å². The summed E-state index contributed by atoms with van der Waals surface area (Å²) in [4.78, 5) is 38.8. The zero-order chi connectivity index (χ0) is 25.8. The monoisotopic (exact) mass is 580 g/mol. The molecule has 1 heterocycles. The van der Waals surface area contributed by atoms with E-state index in [-0.39, 0.29) is 29.0 Å². The second-order valence-corrected chi connectivity index (χ2v) is 10.2. The number of ether oxygens (including phenoxy) is 1. The van der Waals surface area contributed by atoms with E-state index in [1.807, 2.05) is 0 Å². The minimum absolute atomic E-state index is 0.0356. The van der Waals surface area contributed by atoms with Crippen molar-refractivity contribution in [1.29, 1.82) is 0 Å². The first-order valence-corrected chi connectivity index (χ1v) is 12.7. The highest BCUT2D eigenvalue weighted by atomic mass is 35.5. The van der Waals surface area contributed by atoms with Gasteiger partial charge in [0.2, 0.25) is 0 Å². The Morgan fingerprint density at radius 2 is 1.64 bits per heavy atom. The predicted molar refractivity (Wildman–Crippen MR) is 145 cm³/mol. The van der Waals surface area contributed by atoms with Crippen molar-refractivity contribution < 1.29 is 19.1 Å². The van der Waals surface area contributed by atoms with Crippen molar-refractivity contribution in [2.45, 2.75) is 6.54 Å². The van der Waals surface area contributed by atoms with E-state index in [1.165, 1.54) is 0 Å². The molecule has 0 aromatic heterocycles. The number of nitrogens with one attached hydrogen (secondary N) is 1. The lowest BCUT2D eigenvalue weighted by Crippen LogP contribution is -2.27. The Bertz CT molecular complexity index is 1360. The molecule has 0 aliphatic carbocycles. The van der Waals surface area contributed by atoms with E-state index in [1.54, 1.807) is 66.7 Å². The fraction of sp³-hybridized carbons (Fsp3) is 0.0800. The van der Waals surface area contributed by atoms with Gasteiger partial charge in [-0.2, -0.15) is 0 Å². The smallest absolute Gasteiger partial charge is 0.293 e. The van der Waals surface area contributed by atoms with Gasteiger partial charge >= 0.3 is 0 Å². The van der Waals surface area contributed by atoms with E-state index in [0.29, 0.717) is 37.6 Å². The summed E-state index contributed by atoms with van der Waals surface area (Å²) in [6.45, 7) is -0.294. The Balaban J connectivity index is 1.40. The Labute approximate surface area is 231 Å². The summed E-state index contributed by atoms with van der Waals surface area (Å²) in [5.74, 6) is -0.539. The highest BCUT2D eigenvalue weighted by molar-refractivity contribution is 8.18. The van der Waals surface area contributed by atoms with E-state index in [4.69, 9.17) is 51.1 Å². The van der Waals surface area contributed by atoms with Gasteiger partial charge in [0.25, 0.3) is 17.1 Å². The van der Waals surface area contributed by atoms with Crippen LogP contribution in [-0.2, 0) is 16.1 Å². The summed E-state index contributed by atoms with van der Waals surface area (Å²) in [5, 5.41) is 3.80. The van der Waals surface area contributed by atoms with Crippen LogP contribution in [0.5, 0.6) is 5.75 Å². The summed E-state index contributed by atoms with van der Waals surface area (Å²) >= 11 is 25.3. The lowest BCUT2D eigenvalue weighted by Gasteiger charge is -2.14. The fourth-order valence-corrected chi connectivity index (χ4v) is 4.95. The van der Waals surface area contributed by atoms with E-state index in [0.717, 1.165) is 16.7 Å². The van der Waals surface area contributed by atoms with Crippen LogP contribution in [0.1, 0.15) is 11.1 Å². The molecule has 3 amide bonds. The minimum Gasteiger partial charge on any atom is -0.482 e. The number of carbonyl (C=O) groups is 3. The number of rotatable bonds is 7. The third-order valence-corrected chi connectivity index (χ3v) is 7.15. The number of hydrogen-bond acceptors (Lipinski definition) is 5. The highest BCUT2D eigenvalue weighted by Gasteiger charge is 2.35. The van der Waals surface area contributed by atoms with E-state index >= 15 is 0 Å². The number of anilines is 1. The lowest BCUT2D eigenvalue weighted by atomic mass is 10.2. The van der Waals surface area contributed by atoms with Crippen LogP contribution in [0.25, 0.3) is 6.08 Å². The molecule has 0 unspecified atom stereocenters. The van der Waals surface area contributed by atoms with Gasteiger partial charge in [0.05, 0.1) is 16.5 Å². The molecule has 1 fully saturated rings. The molecule has 6 nitrogen and oxygen atoms in total. The molecule has 184 valence electrons. The standard InChI is InChI=1S/C25H16Cl4N2O4S/c26-15-5-7-16(8-6-15)30-23(32)13-35-21-9-4-14(10-20(21)29)11-22-24(33)31(25(34)36-22)12-17-18(27)2-1-3-19(17)28/h1-11H,12-13H2,(H,30,32)/b22-11-. The van der Waals surface area contributed by atoms with Crippen molar-refractivity contribution in [3.05, 3.63) is 96.8 Å². The SMILES string of the molecule is O=C(COc1ccc(/C=C2\SC(=O)N(Cc3c(Cl)cccc3Cl)C2=O)cc1Cl)Nc1ccc(Cl)cc1. The van der Waals surface area contributed by atoms with Crippen LogP contribution in [-0.4, -0.2) is 28.6 Å². The summed E-state index contributed by atoms with van der Waals surface area (Å²) in [5.41, 5.74) is 1.66. The second kappa shape index (κ2) is 11.6. The number of amides is 3. The molecule has 11 heteroatoms. The van der Waals surface area contributed by atoms with Crippen molar-refractivity contribution in [3.63, 3.8) is 0 Å². The minimum atomic E-state index is -0.462. The first-order valence-electron chi connectivity index (χ1n) is 10.4. The summed E-state index contributed by atoms with van der Waals surface area (Å²) in [7, 11) is 0. The molecule has 36 heavy (non-hydrogen) atoms. The maximum atomic E-state index is 12.9. The number of carbonyl (C=O) groups excluding carboxylic acids is 3. The highest BCUT2D eigenvalue weighted by Crippen LogP contribution is 2.36. The molecule has 3 aromatic carbocycles. The molecular weight excluding hydrogens is 566 g/mol. The third kappa shape index (κ3) is 6.35. The average molecular weight is 582 g/mol. The number of halogens is 4. The van der Waals surface area contributed by atoms with Gasteiger partial charge in [-0.05, 0) is 71.9 Å². The fourth-order valence-electron chi connectivity index (χ4n) is 3.23. The van der Waals surface area contributed by atoms with Gasteiger partial charge in [-0.3, -0.25) is 19.3 Å². The summed E-state index contributed by atoms with van der Waals surface area (Å²) in [6.07, 6.45) is 1.56. The van der Waals surface area contributed by atoms with E-state index in [2.05, 4.69) is 5.32 Å². The molecule has 0 bridgehead atoms. The van der Waals surface area contributed by atoms with Crippen molar-refractivity contribution in [3.8, 4) is 5.75 Å². The van der Waals surface area contributed by atoms with Gasteiger partial charge in [-0.1, -0.05) is 58.5 Å². The van der Waals surface area contributed by atoms with Crippen LogP contribution in [0.4, 0.5) is 10.5 Å². The van der Waals surface area contributed by atoms with Gasteiger partial charge in [0.15, 0.2) is 6.61 Å². The largest absolute Gasteiger partial charge is 0.482 e. The molecule has 3 aromatic rings. The molecule has 0 spiro atoms. The van der Waals surface area contributed by atoms with Crippen LogP contribution in [0.2, 0.25) is 20.1 Å². The molecule has 4 rings (SSSR count). The van der Waals surface area contributed by atoms with Crippen molar-refractivity contribution in [2.24, 2.45) is 0 Å². The number of thioether (sulfide) groups is 1. The van der Waals surface area contributed by atoms with Crippen LogP contribution >= 0.6 is 58.2 Å². The van der Waals surface area contributed by atoms with Gasteiger partial charge < -0.3 is 10.1 Å². The Morgan fingerprint density at radius 1 is 0.944 bits per heavy atom. The third-order valence-electron chi connectivity index (χ3n) is 4.99.